The number of unbranched alkanes of at least 4 members (excludes halogenated alkanes) is 45. The summed E-state index contributed by atoms with van der Waals surface area (Å²) >= 11 is 0. The van der Waals surface area contributed by atoms with Crippen LogP contribution in [-0.4, -0.2) is 37.2 Å². The van der Waals surface area contributed by atoms with Crippen LogP contribution < -0.4 is 0 Å². The first kappa shape index (κ1) is 72.6. The molecular weight excluding hydrogens is 925 g/mol. The first-order valence-corrected chi connectivity index (χ1v) is 33.5. The normalized spacial score (nSPS) is 12.2. The van der Waals surface area contributed by atoms with E-state index in [9.17, 15) is 14.4 Å². The maximum Gasteiger partial charge on any atom is 0.306 e. The van der Waals surface area contributed by atoms with Crippen molar-refractivity contribution in [3.8, 4) is 0 Å². The van der Waals surface area contributed by atoms with Crippen molar-refractivity contribution in [3.05, 3.63) is 36.5 Å². The Bertz CT molecular complexity index is 1250. The summed E-state index contributed by atoms with van der Waals surface area (Å²) in [5.74, 6) is -0.848. The van der Waals surface area contributed by atoms with Gasteiger partial charge in [-0.2, -0.15) is 0 Å². The van der Waals surface area contributed by atoms with E-state index in [1.54, 1.807) is 0 Å². The third kappa shape index (κ3) is 62.4. The molecule has 440 valence electrons. The van der Waals surface area contributed by atoms with Crippen molar-refractivity contribution in [1.29, 1.82) is 0 Å². The topological polar surface area (TPSA) is 78.9 Å². The Labute approximate surface area is 467 Å². The van der Waals surface area contributed by atoms with Gasteiger partial charge in [-0.05, 0) is 77.0 Å². The molecule has 1 atom stereocenters. The van der Waals surface area contributed by atoms with Crippen LogP contribution >= 0.6 is 0 Å². The highest BCUT2D eigenvalue weighted by molar-refractivity contribution is 5.71. The molecule has 0 amide bonds. The molecule has 0 aromatic heterocycles. The molecule has 1 unspecified atom stereocenters. The largest absolute Gasteiger partial charge is 0.462 e. The number of carbonyl (C=O) groups excluding carboxylic acids is 3. The highest BCUT2D eigenvalue weighted by atomic mass is 16.6. The summed E-state index contributed by atoms with van der Waals surface area (Å²) in [4.78, 5) is 38.3. The molecule has 0 fully saturated rings. The number of carbonyl (C=O) groups is 3. The van der Waals surface area contributed by atoms with Crippen LogP contribution in [0.5, 0.6) is 0 Å². The molecule has 6 heteroatoms. The van der Waals surface area contributed by atoms with E-state index in [1.165, 1.54) is 263 Å². The predicted molar refractivity (Wildman–Crippen MR) is 326 cm³/mol. The molecule has 0 N–H and O–H groups in total. The smallest absolute Gasteiger partial charge is 0.306 e. The summed E-state index contributed by atoms with van der Waals surface area (Å²) < 4.78 is 17.0. The van der Waals surface area contributed by atoms with Gasteiger partial charge in [-0.25, -0.2) is 0 Å². The zero-order valence-corrected chi connectivity index (χ0v) is 50.6. The quantitative estimate of drug-likeness (QED) is 0.0261. The monoisotopic (exact) mass is 1050 g/mol. The number of esters is 3. The molecule has 0 radical (unpaired) electrons. The van der Waals surface area contributed by atoms with Crippen LogP contribution in [-0.2, 0) is 28.6 Å². The lowest BCUT2D eigenvalue weighted by Crippen LogP contribution is -2.30. The summed E-state index contributed by atoms with van der Waals surface area (Å²) in [7, 11) is 0. The van der Waals surface area contributed by atoms with Gasteiger partial charge < -0.3 is 14.2 Å². The fourth-order valence-corrected chi connectivity index (χ4v) is 10.1. The molecule has 0 aliphatic rings. The van der Waals surface area contributed by atoms with Crippen molar-refractivity contribution in [2.24, 2.45) is 0 Å². The Morgan fingerprint density at radius 2 is 0.480 bits per heavy atom. The third-order valence-electron chi connectivity index (χ3n) is 15.1. The van der Waals surface area contributed by atoms with E-state index in [0.717, 1.165) is 64.2 Å². The fourth-order valence-electron chi connectivity index (χ4n) is 10.1. The van der Waals surface area contributed by atoms with E-state index < -0.39 is 6.10 Å². The standard InChI is InChI=1S/C69H128O6/c1-4-7-10-13-16-19-22-25-28-30-32-33-34-35-36-37-38-40-41-44-47-50-53-56-59-62-68(71)74-65-66(64-73-67(70)61-58-55-52-49-46-43-27-24-21-18-15-12-9-6-3)75-69(72)63-60-57-54-51-48-45-42-39-31-29-26-23-20-17-14-11-8-5-2/h22,25,29-32,66H,4-21,23-24,26-28,33-65H2,1-3H3/b25-22-,31-29-,32-30-. The highest BCUT2D eigenvalue weighted by Crippen LogP contribution is 2.18. The van der Waals surface area contributed by atoms with Crippen molar-refractivity contribution in [2.75, 3.05) is 13.2 Å². The van der Waals surface area contributed by atoms with Crippen molar-refractivity contribution in [3.63, 3.8) is 0 Å². The van der Waals surface area contributed by atoms with Gasteiger partial charge in [0.25, 0.3) is 0 Å². The van der Waals surface area contributed by atoms with Gasteiger partial charge in [0.1, 0.15) is 13.2 Å². The first-order valence-electron chi connectivity index (χ1n) is 33.5. The molecule has 75 heavy (non-hydrogen) atoms. The minimum atomic E-state index is -0.772. The molecule has 0 saturated carbocycles. The van der Waals surface area contributed by atoms with Gasteiger partial charge in [0, 0.05) is 19.3 Å². The van der Waals surface area contributed by atoms with Gasteiger partial charge >= 0.3 is 17.9 Å². The van der Waals surface area contributed by atoms with Crippen LogP contribution in [0.4, 0.5) is 0 Å². The molecule has 0 bridgehead atoms. The van der Waals surface area contributed by atoms with Crippen molar-refractivity contribution >= 4 is 17.9 Å². The van der Waals surface area contributed by atoms with Crippen molar-refractivity contribution < 1.29 is 28.6 Å². The average Bonchev–Trinajstić information content (AvgIpc) is 3.41. The average molecular weight is 1050 g/mol. The van der Waals surface area contributed by atoms with Gasteiger partial charge in [-0.3, -0.25) is 14.4 Å². The molecule has 0 aromatic carbocycles. The molecule has 6 nitrogen and oxygen atoms in total. The van der Waals surface area contributed by atoms with E-state index in [1.807, 2.05) is 0 Å². The number of hydrogen-bond acceptors (Lipinski definition) is 6. The lowest BCUT2D eigenvalue weighted by Gasteiger charge is -2.18. The number of rotatable bonds is 62. The van der Waals surface area contributed by atoms with Crippen molar-refractivity contribution in [1.82, 2.24) is 0 Å². The summed E-state index contributed by atoms with van der Waals surface area (Å²) in [6.45, 7) is 6.69. The second-order valence-electron chi connectivity index (χ2n) is 22.7. The summed E-state index contributed by atoms with van der Waals surface area (Å²) in [5.41, 5.74) is 0. The molecule has 0 spiro atoms. The van der Waals surface area contributed by atoms with Crippen molar-refractivity contribution in [2.45, 2.75) is 374 Å². The Hall–Kier alpha value is -2.37. The lowest BCUT2D eigenvalue weighted by atomic mass is 10.0. The molecule has 0 aromatic rings. The predicted octanol–water partition coefficient (Wildman–Crippen LogP) is 22.8. The third-order valence-corrected chi connectivity index (χ3v) is 15.1. The van der Waals surface area contributed by atoms with Gasteiger partial charge in [-0.15, -0.1) is 0 Å². The molecule has 0 aliphatic heterocycles. The Morgan fingerprint density at radius 3 is 0.747 bits per heavy atom. The summed E-state index contributed by atoms with van der Waals surface area (Å²) in [5, 5.41) is 0. The Balaban J connectivity index is 4.26. The first-order chi connectivity index (χ1) is 37.0. The molecule has 0 rings (SSSR count). The minimum Gasteiger partial charge on any atom is -0.462 e. The van der Waals surface area contributed by atoms with E-state index in [2.05, 4.69) is 57.2 Å². The van der Waals surface area contributed by atoms with E-state index in [4.69, 9.17) is 14.2 Å². The second kappa shape index (κ2) is 64.2. The Morgan fingerprint density at radius 1 is 0.267 bits per heavy atom. The molecule has 0 aliphatic carbocycles. The van der Waals surface area contributed by atoms with Gasteiger partial charge in [0.15, 0.2) is 6.10 Å². The van der Waals surface area contributed by atoms with Gasteiger partial charge in [0.05, 0.1) is 0 Å². The van der Waals surface area contributed by atoms with Crippen LogP contribution in [0.1, 0.15) is 367 Å². The molecule has 0 saturated heterocycles. The van der Waals surface area contributed by atoms with E-state index in [0.29, 0.717) is 19.3 Å². The van der Waals surface area contributed by atoms with Crippen LogP contribution in [0.3, 0.4) is 0 Å². The summed E-state index contributed by atoms with van der Waals surface area (Å²) in [6.07, 6.45) is 78.7. The van der Waals surface area contributed by atoms with Crippen LogP contribution in [0.25, 0.3) is 0 Å². The Kier molecular flexibility index (Phi) is 62.1. The van der Waals surface area contributed by atoms with E-state index in [-0.39, 0.29) is 31.1 Å². The van der Waals surface area contributed by atoms with Crippen LogP contribution in [0, 0.1) is 0 Å². The zero-order valence-electron chi connectivity index (χ0n) is 50.6. The summed E-state index contributed by atoms with van der Waals surface area (Å²) in [6, 6.07) is 0. The maximum absolute atomic E-state index is 12.9. The molecular formula is C69H128O6. The molecule has 0 heterocycles. The zero-order chi connectivity index (χ0) is 54.3. The number of ether oxygens (including phenoxy) is 3. The fraction of sp³-hybridized carbons (Fsp3) is 0.870. The SMILES string of the molecule is CCCCCCC/C=C\C/C=C\CCCCCCCCCCCCCCCC(=O)OCC(COC(=O)CCCCCCCCCCCCCCCC)OC(=O)CCCCCCCCC/C=C\CCCCCCCCC. The van der Waals surface area contributed by atoms with Crippen LogP contribution in [0.15, 0.2) is 36.5 Å². The van der Waals surface area contributed by atoms with Gasteiger partial charge in [0.2, 0.25) is 0 Å². The highest BCUT2D eigenvalue weighted by Gasteiger charge is 2.19. The van der Waals surface area contributed by atoms with E-state index >= 15 is 0 Å². The number of hydrogen-bond donors (Lipinski definition) is 0. The van der Waals surface area contributed by atoms with Gasteiger partial charge in [-0.1, -0.05) is 308 Å². The lowest BCUT2D eigenvalue weighted by molar-refractivity contribution is -0.167. The minimum absolute atomic E-state index is 0.0690. The second-order valence-corrected chi connectivity index (χ2v) is 22.7. The maximum atomic E-state index is 12.9. The number of allylic oxidation sites excluding steroid dienone is 6. The van der Waals surface area contributed by atoms with Crippen LogP contribution in [0.2, 0.25) is 0 Å².